The maximum absolute atomic E-state index is 4.01. The molecule has 1 aliphatic carbocycles. The van der Waals surface area contributed by atoms with Crippen LogP contribution in [0.4, 0.5) is 0 Å². The zero-order chi connectivity index (χ0) is 12.5. The molecule has 0 aliphatic heterocycles. The van der Waals surface area contributed by atoms with Crippen LogP contribution >= 0.6 is 15.9 Å². The fourth-order valence-corrected chi connectivity index (χ4v) is 3.46. The minimum atomic E-state index is 0.157. The van der Waals surface area contributed by atoms with Gasteiger partial charge in [0.05, 0.1) is 0 Å². The van der Waals surface area contributed by atoms with Crippen LogP contribution in [0.1, 0.15) is 25.3 Å². The molecule has 0 N–H and O–H groups in total. The van der Waals surface area contributed by atoms with Crippen molar-refractivity contribution in [3.63, 3.8) is 0 Å². The second-order valence-electron chi connectivity index (χ2n) is 5.05. The van der Waals surface area contributed by atoms with Crippen molar-refractivity contribution in [1.82, 2.24) is 0 Å². The Morgan fingerprint density at radius 1 is 1.12 bits per heavy atom. The lowest BCUT2D eigenvalue weighted by atomic mass is 9.69. The Morgan fingerprint density at radius 3 is 2.00 bits per heavy atom. The fraction of sp³-hybridized carbons (Fsp3) is 0.375. The summed E-state index contributed by atoms with van der Waals surface area (Å²) in [6, 6.07) is 8.70. The molecule has 1 unspecified atom stereocenters. The highest BCUT2D eigenvalue weighted by atomic mass is 79.9. The van der Waals surface area contributed by atoms with Crippen LogP contribution < -0.4 is 0 Å². The predicted octanol–water partition coefficient (Wildman–Crippen LogP) is 5.11. The minimum absolute atomic E-state index is 0.157. The van der Waals surface area contributed by atoms with E-state index >= 15 is 0 Å². The summed E-state index contributed by atoms with van der Waals surface area (Å²) >= 11 is 3.50. The van der Waals surface area contributed by atoms with E-state index in [0.29, 0.717) is 11.8 Å². The first kappa shape index (κ1) is 12.6. The molecule has 1 saturated carbocycles. The molecule has 0 spiro atoms. The van der Waals surface area contributed by atoms with Crippen molar-refractivity contribution in [2.45, 2.75) is 25.2 Å². The van der Waals surface area contributed by atoms with E-state index in [4.69, 9.17) is 0 Å². The lowest BCUT2D eigenvalue weighted by Gasteiger charge is -2.35. The Kier molecular flexibility index (Phi) is 3.58. The maximum Gasteiger partial charge on any atom is 0.0175 e. The van der Waals surface area contributed by atoms with Crippen LogP contribution in [0.5, 0.6) is 0 Å². The third kappa shape index (κ3) is 2.01. The van der Waals surface area contributed by atoms with E-state index in [1.807, 2.05) is 0 Å². The van der Waals surface area contributed by atoms with Crippen LogP contribution in [0.25, 0.3) is 0 Å². The quantitative estimate of drug-likeness (QED) is 0.679. The van der Waals surface area contributed by atoms with Crippen molar-refractivity contribution in [3.8, 4) is 0 Å². The summed E-state index contributed by atoms with van der Waals surface area (Å²) in [6.45, 7) is 10.4. The fourth-order valence-electron chi connectivity index (χ4n) is 3.20. The first-order valence-electron chi connectivity index (χ1n) is 6.14. The molecule has 1 heteroatoms. The van der Waals surface area contributed by atoms with Crippen LogP contribution in [0.15, 0.2) is 54.0 Å². The predicted molar refractivity (Wildman–Crippen MR) is 78.1 cm³/mol. The van der Waals surface area contributed by atoms with Gasteiger partial charge in [0, 0.05) is 9.89 Å². The van der Waals surface area contributed by atoms with Gasteiger partial charge in [0.25, 0.3) is 0 Å². The molecule has 0 heterocycles. The van der Waals surface area contributed by atoms with Gasteiger partial charge < -0.3 is 0 Å². The average Bonchev–Trinajstić information content (AvgIpc) is 2.67. The van der Waals surface area contributed by atoms with Crippen molar-refractivity contribution < 1.29 is 0 Å². The van der Waals surface area contributed by atoms with Crippen molar-refractivity contribution in [1.29, 1.82) is 0 Å². The van der Waals surface area contributed by atoms with E-state index in [2.05, 4.69) is 72.4 Å². The Labute approximate surface area is 113 Å². The minimum Gasteiger partial charge on any atom is -0.103 e. The standard InChI is InChI=1S/C16H19Br/c1-4-12-6-7-13(5-2)16(12,3)14-8-10-15(17)11-9-14/h4-5,8-13H,1-2,6-7H2,3H3/t12-,13+,16?. The summed E-state index contributed by atoms with van der Waals surface area (Å²) in [5.41, 5.74) is 1.55. The number of benzene rings is 1. The van der Waals surface area contributed by atoms with Crippen molar-refractivity contribution in [3.05, 3.63) is 59.6 Å². The highest BCUT2D eigenvalue weighted by molar-refractivity contribution is 9.10. The number of rotatable bonds is 3. The van der Waals surface area contributed by atoms with Crippen LogP contribution in [0, 0.1) is 11.8 Å². The van der Waals surface area contributed by atoms with Gasteiger partial charge >= 0.3 is 0 Å². The molecule has 1 aromatic rings. The molecule has 0 amide bonds. The topological polar surface area (TPSA) is 0 Å². The molecule has 1 fully saturated rings. The van der Waals surface area contributed by atoms with Gasteiger partial charge in [-0.1, -0.05) is 47.1 Å². The molecule has 90 valence electrons. The van der Waals surface area contributed by atoms with Crippen molar-refractivity contribution >= 4 is 15.9 Å². The monoisotopic (exact) mass is 290 g/mol. The number of halogens is 1. The van der Waals surface area contributed by atoms with Gasteiger partial charge in [-0.15, -0.1) is 13.2 Å². The van der Waals surface area contributed by atoms with E-state index in [1.165, 1.54) is 18.4 Å². The Balaban J connectivity index is 2.46. The summed E-state index contributed by atoms with van der Waals surface area (Å²) in [4.78, 5) is 0. The van der Waals surface area contributed by atoms with Gasteiger partial charge in [-0.2, -0.15) is 0 Å². The highest BCUT2D eigenvalue weighted by Gasteiger charge is 2.44. The van der Waals surface area contributed by atoms with Gasteiger partial charge in [-0.05, 0) is 42.4 Å². The molecular formula is C16H19Br. The van der Waals surface area contributed by atoms with E-state index in [0.717, 1.165) is 4.47 Å². The lowest BCUT2D eigenvalue weighted by Crippen LogP contribution is -2.31. The second-order valence-corrected chi connectivity index (χ2v) is 5.97. The molecule has 0 bridgehead atoms. The normalized spacial score (nSPS) is 32.4. The summed E-state index contributed by atoms with van der Waals surface area (Å²) in [5.74, 6) is 1.10. The first-order chi connectivity index (χ1) is 8.12. The van der Waals surface area contributed by atoms with Crippen molar-refractivity contribution in [2.24, 2.45) is 11.8 Å². The molecule has 1 aliphatic rings. The number of allylic oxidation sites excluding steroid dienone is 2. The molecule has 1 aromatic carbocycles. The molecule has 0 nitrogen and oxygen atoms in total. The molecular weight excluding hydrogens is 272 g/mol. The van der Waals surface area contributed by atoms with Crippen molar-refractivity contribution in [2.75, 3.05) is 0 Å². The Morgan fingerprint density at radius 2 is 1.59 bits per heavy atom. The third-order valence-corrected chi connectivity index (χ3v) is 4.89. The summed E-state index contributed by atoms with van der Waals surface area (Å²) in [6.07, 6.45) is 6.66. The first-order valence-corrected chi connectivity index (χ1v) is 6.93. The van der Waals surface area contributed by atoms with Gasteiger partial charge in [0.2, 0.25) is 0 Å². The highest BCUT2D eigenvalue weighted by Crippen LogP contribution is 2.50. The molecule has 0 saturated heterocycles. The second kappa shape index (κ2) is 4.81. The van der Waals surface area contributed by atoms with Crippen LogP contribution in [0.2, 0.25) is 0 Å². The van der Waals surface area contributed by atoms with Gasteiger partial charge in [0.1, 0.15) is 0 Å². The Hall–Kier alpha value is -0.820. The molecule has 2 rings (SSSR count). The molecule has 17 heavy (non-hydrogen) atoms. The summed E-state index contributed by atoms with van der Waals surface area (Å²) in [7, 11) is 0. The maximum atomic E-state index is 4.01. The third-order valence-electron chi connectivity index (χ3n) is 4.36. The van der Waals surface area contributed by atoms with Crippen LogP contribution in [-0.4, -0.2) is 0 Å². The smallest absolute Gasteiger partial charge is 0.0175 e. The van der Waals surface area contributed by atoms with Gasteiger partial charge in [-0.3, -0.25) is 0 Å². The summed E-state index contributed by atoms with van der Waals surface area (Å²) < 4.78 is 1.13. The number of hydrogen-bond acceptors (Lipinski definition) is 0. The molecule has 0 radical (unpaired) electrons. The lowest BCUT2D eigenvalue weighted by molar-refractivity contribution is 0.348. The SMILES string of the molecule is C=C[C@@H]1CC[C@H](C=C)C1(C)c1ccc(Br)cc1. The van der Waals surface area contributed by atoms with Gasteiger partial charge in [-0.25, -0.2) is 0 Å². The van der Waals surface area contributed by atoms with E-state index in [9.17, 15) is 0 Å². The van der Waals surface area contributed by atoms with Crippen LogP contribution in [0.3, 0.4) is 0 Å². The van der Waals surface area contributed by atoms with Gasteiger partial charge in [0.15, 0.2) is 0 Å². The van der Waals surface area contributed by atoms with E-state index < -0.39 is 0 Å². The Bertz CT molecular complexity index is 400. The molecule has 3 atom stereocenters. The average molecular weight is 291 g/mol. The molecule has 0 aromatic heterocycles. The van der Waals surface area contributed by atoms with E-state index in [1.54, 1.807) is 0 Å². The summed E-state index contributed by atoms with van der Waals surface area (Å²) in [5, 5.41) is 0. The van der Waals surface area contributed by atoms with Crippen LogP contribution in [-0.2, 0) is 5.41 Å². The zero-order valence-corrected chi connectivity index (χ0v) is 11.9. The van der Waals surface area contributed by atoms with E-state index in [-0.39, 0.29) is 5.41 Å². The number of hydrogen-bond donors (Lipinski definition) is 0. The largest absolute Gasteiger partial charge is 0.103 e. The zero-order valence-electron chi connectivity index (χ0n) is 10.3.